The SMILES string of the molecule is O=C(Nc1ccsc1-c1nc(-c2cccc(F)c2)no1)c1ccc2c(c1)OCO2. The highest BCUT2D eigenvalue weighted by atomic mass is 32.1. The molecule has 4 aromatic rings. The van der Waals surface area contributed by atoms with Gasteiger partial charge in [0.1, 0.15) is 10.7 Å². The molecule has 0 unspecified atom stereocenters. The monoisotopic (exact) mass is 409 g/mol. The normalized spacial score (nSPS) is 12.2. The number of anilines is 1. The lowest BCUT2D eigenvalue weighted by molar-refractivity contribution is 0.102. The third kappa shape index (κ3) is 3.32. The molecule has 1 amide bonds. The molecule has 3 heterocycles. The highest BCUT2D eigenvalue weighted by Crippen LogP contribution is 2.35. The summed E-state index contributed by atoms with van der Waals surface area (Å²) in [6.45, 7) is 0.139. The van der Waals surface area contributed by atoms with Gasteiger partial charge in [-0.25, -0.2) is 4.39 Å². The lowest BCUT2D eigenvalue weighted by Crippen LogP contribution is -2.11. The van der Waals surface area contributed by atoms with Gasteiger partial charge in [0.2, 0.25) is 12.6 Å². The van der Waals surface area contributed by atoms with E-state index < -0.39 is 0 Å². The predicted molar refractivity (Wildman–Crippen MR) is 104 cm³/mol. The number of thiophene rings is 1. The highest BCUT2D eigenvalue weighted by Gasteiger charge is 2.20. The van der Waals surface area contributed by atoms with Crippen LogP contribution >= 0.6 is 11.3 Å². The minimum atomic E-state index is -0.387. The fraction of sp³-hybridized carbons (Fsp3) is 0.0500. The number of ether oxygens (including phenoxy) is 2. The number of carbonyl (C=O) groups is 1. The Hall–Kier alpha value is -3.72. The third-order valence-electron chi connectivity index (χ3n) is 4.25. The van der Waals surface area contributed by atoms with Crippen molar-refractivity contribution >= 4 is 22.9 Å². The molecule has 0 atom stereocenters. The van der Waals surface area contributed by atoms with Gasteiger partial charge in [0.25, 0.3) is 11.8 Å². The van der Waals surface area contributed by atoms with Crippen molar-refractivity contribution in [3.05, 3.63) is 65.3 Å². The zero-order valence-electron chi connectivity index (χ0n) is 14.7. The van der Waals surface area contributed by atoms with E-state index >= 15 is 0 Å². The van der Waals surface area contributed by atoms with Gasteiger partial charge in [-0.2, -0.15) is 4.98 Å². The summed E-state index contributed by atoms with van der Waals surface area (Å²) in [6, 6.07) is 12.6. The molecule has 1 aliphatic heterocycles. The number of hydrogen-bond acceptors (Lipinski definition) is 7. The number of hydrogen-bond donors (Lipinski definition) is 1. The minimum absolute atomic E-state index is 0.139. The van der Waals surface area contributed by atoms with E-state index in [4.69, 9.17) is 14.0 Å². The van der Waals surface area contributed by atoms with Crippen LogP contribution in [0.5, 0.6) is 11.5 Å². The molecule has 0 saturated carbocycles. The van der Waals surface area contributed by atoms with Gasteiger partial charge in [0.15, 0.2) is 11.5 Å². The van der Waals surface area contributed by atoms with Crippen molar-refractivity contribution in [3.8, 4) is 33.7 Å². The van der Waals surface area contributed by atoms with E-state index in [2.05, 4.69) is 15.5 Å². The summed E-state index contributed by atoms with van der Waals surface area (Å²) in [4.78, 5) is 17.6. The van der Waals surface area contributed by atoms with Crippen LogP contribution in [0.2, 0.25) is 0 Å². The number of benzene rings is 2. The molecule has 7 nitrogen and oxygen atoms in total. The maximum Gasteiger partial charge on any atom is 0.270 e. The number of halogens is 1. The van der Waals surface area contributed by atoms with Crippen LogP contribution in [-0.2, 0) is 0 Å². The molecule has 1 N–H and O–H groups in total. The first-order valence-corrected chi connectivity index (χ1v) is 9.44. The zero-order valence-corrected chi connectivity index (χ0v) is 15.5. The number of amides is 1. The summed E-state index contributed by atoms with van der Waals surface area (Å²) in [6.07, 6.45) is 0. The molecule has 0 saturated heterocycles. The van der Waals surface area contributed by atoms with E-state index in [9.17, 15) is 9.18 Å². The van der Waals surface area contributed by atoms with Crippen molar-refractivity contribution in [1.29, 1.82) is 0 Å². The molecular formula is C20H12FN3O4S. The Morgan fingerprint density at radius 3 is 2.90 bits per heavy atom. The summed E-state index contributed by atoms with van der Waals surface area (Å²) in [5.41, 5.74) is 1.46. The van der Waals surface area contributed by atoms with Crippen LogP contribution in [0.25, 0.3) is 22.2 Å². The van der Waals surface area contributed by atoms with E-state index in [1.165, 1.54) is 23.5 Å². The summed E-state index contributed by atoms with van der Waals surface area (Å²) in [7, 11) is 0. The lowest BCUT2D eigenvalue weighted by Gasteiger charge is -2.05. The molecular weight excluding hydrogens is 397 g/mol. The molecule has 0 fully saturated rings. The molecule has 2 aromatic carbocycles. The standard InChI is InChI=1S/C20H12FN3O4S/c21-13-3-1-2-11(8-13)18-23-20(28-24-18)17-14(6-7-29-17)22-19(25)12-4-5-15-16(9-12)27-10-26-15/h1-9H,10H2,(H,22,25). The first-order chi connectivity index (χ1) is 14.2. The third-order valence-corrected chi connectivity index (χ3v) is 5.15. The number of aromatic nitrogens is 2. The Labute approximate surface area is 167 Å². The van der Waals surface area contributed by atoms with Gasteiger partial charge < -0.3 is 19.3 Å². The van der Waals surface area contributed by atoms with E-state index in [0.717, 1.165) is 0 Å². The topological polar surface area (TPSA) is 86.5 Å². The van der Waals surface area contributed by atoms with Gasteiger partial charge in [-0.3, -0.25) is 4.79 Å². The van der Waals surface area contributed by atoms with E-state index in [1.807, 2.05) is 0 Å². The van der Waals surface area contributed by atoms with Gasteiger partial charge in [-0.05, 0) is 41.8 Å². The van der Waals surface area contributed by atoms with E-state index in [0.29, 0.717) is 33.2 Å². The zero-order chi connectivity index (χ0) is 19.8. The minimum Gasteiger partial charge on any atom is -0.454 e. The Morgan fingerprint density at radius 2 is 2.00 bits per heavy atom. The van der Waals surface area contributed by atoms with Crippen LogP contribution in [0.1, 0.15) is 10.4 Å². The van der Waals surface area contributed by atoms with Crippen molar-refractivity contribution < 1.29 is 23.2 Å². The quantitative estimate of drug-likeness (QED) is 0.531. The van der Waals surface area contributed by atoms with Crippen LogP contribution in [0, 0.1) is 5.82 Å². The largest absolute Gasteiger partial charge is 0.454 e. The van der Waals surface area contributed by atoms with Gasteiger partial charge in [-0.1, -0.05) is 17.3 Å². The molecule has 0 radical (unpaired) electrons. The van der Waals surface area contributed by atoms with Gasteiger partial charge >= 0.3 is 0 Å². The maximum atomic E-state index is 13.4. The smallest absolute Gasteiger partial charge is 0.270 e. The predicted octanol–water partition coefficient (Wildman–Crippen LogP) is 4.59. The fourth-order valence-corrected chi connectivity index (χ4v) is 3.64. The average Bonchev–Trinajstić information content (AvgIpc) is 3.47. The summed E-state index contributed by atoms with van der Waals surface area (Å²) < 4.78 is 29.3. The number of fused-ring (bicyclic) bond motifs is 1. The van der Waals surface area contributed by atoms with Crippen molar-refractivity contribution in [3.63, 3.8) is 0 Å². The van der Waals surface area contributed by atoms with E-state index in [-0.39, 0.29) is 30.2 Å². The van der Waals surface area contributed by atoms with Crippen LogP contribution in [-0.4, -0.2) is 22.8 Å². The second-order valence-electron chi connectivity index (χ2n) is 6.12. The second kappa shape index (κ2) is 7.02. The van der Waals surface area contributed by atoms with E-state index in [1.54, 1.807) is 41.8 Å². The highest BCUT2D eigenvalue weighted by molar-refractivity contribution is 7.14. The number of carbonyl (C=O) groups excluding carboxylic acids is 1. The Kier molecular flexibility index (Phi) is 4.21. The Balaban J connectivity index is 1.39. The second-order valence-corrected chi connectivity index (χ2v) is 7.04. The van der Waals surface area contributed by atoms with Crippen molar-refractivity contribution in [2.45, 2.75) is 0 Å². The molecule has 9 heteroatoms. The molecule has 0 aliphatic carbocycles. The van der Waals surface area contributed by atoms with Gasteiger partial charge in [-0.15, -0.1) is 11.3 Å². The van der Waals surface area contributed by atoms with Crippen molar-refractivity contribution in [2.75, 3.05) is 12.1 Å². The maximum absolute atomic E-state index is 13.4. The first kappa shape index (κ1) is 17.4. The van der Waals surface area contributed by atoms with Gasteiger partial charge in [0.05, 0.1) is 5.69 Å². The Morgan fingerprint density at radius 1 is 1.10 bits per heavy atom. The van der Waals surface area contributed by atoms with Gasteiger partial charge in [0, 0.05) is 11.1 Å². The average molecular weight is 409 g/mol. The fourth-order valence-electron chi connectivity index (χ4n) is 2.87. The number of rotatable bonds is 4. The molecule has 0 bridgehead atoms. The summed E-state index contributed by atoms with van der Waals surface area (Å²) in [5.74, 6) is 0.934. The number of nitrogens with zero attached hydrogens (tertiary/aromatic N) is 2. The number of nitrogens with one attached hydrogen (secondary N) is 1. The Bertz CT molecular complexity index is 1220. The molecule has 5 rings (SSSR count). The van der Waals surface area contributed by atoms with Crippen molar-refractivity contribution in [1.82, 2.24) is 10.1 Å². The first-order valence-electron chi connectivity index (χ1n) is 8.56. The van der Waals surface area contributed by atoms with Crippen LogP contribution in [0.3, 0.4) is 0 Å². The van der Waals surface area contributed by atoms with Crippen molar-refractivity contribution in [2.24, 2.45) is 0 Å². The molecule has 2 aromatic heterocycles. The van der Waals surface area contributed by atoms with Crippen LogP contribution in [0.4, 0.5) is 10.1 Å². The molecule has 29 heavy (non-hydrogen) atoms. The summed E-state index contributed by atoms with van der Waals surface area (Å²) in [5, 5.41) is 8.56. The van der Waals surface area contributed by atoms with Crippen LogP contribution in [0.15, 0.2) is 58.4 Å². The molecule has 1 aliphatic rings. The summed E-state index contributed by atoms with van der Waals surface area (Å²) >= 11 is 1.34. The molecule has 144 valence electrons. The molecule has 0 spiro atoms. The lowest BCUT2D eigenvalue weighted by atomic mass is 10.2. The van der Waals surface area contributed by atoms with Crippen LogP contribution < -0.4 is 14.8 Å².